The Morgan fingerprint density at radius 2 is 0.573 bits per heavy atom. The van der Waals surface area contributed by atoms with E-state index in [2.05, 4.69) is 238 Å². The van der Waals surface area contributed by atoms with Gasteiger partial charge in [-0.1, -0.05) is 181 Å². The molecule has 0 aliphatic heterocycles. The van der Waals surface area contributed by atoms with Gasteiger partial charge in [-0.3, -0.25) is 0 Å². The molecule has 0 amide bonds. The van der Waals surface area contributed by atoms with Crippen LogP contribution in [-0.4, -0.2) is 0 Å². The fourth-order valence-corrected chi connectivity index (χ4v) is 27.7. The van der Waals surface area contributed by atoms with Crippen LogP contribution in [0.2, 0.25) is 0 Å². The van der Waals surface area contributed by atoms with Gasteiger partial charge in [0.2, 0.25) is 0 Å². The molecule has 15 fully saturated rings. The second kappa shape index (κ2) is 24.2. The summed E-state index contributed by atoms with van der Waals surface area (Å²) in [6.45, 7) is 29.6. The monoisotopic (exact) mass is 1360 g/mol. The molecule has 0 saturated heterocycles. The Bertz CT molecular complexity index is 4410. The van der Waals surface area contributed by atoms with Crippen LogP contribution in [0, 0.1) is 94.7 Å². The van der Waals surface area contributed by atoms with Gasteiger partial charge >= 0.3 is 0 Å². The summed E-state index contributed by atoms with van der Waals surface area (Å²) in [7, 11) is 0. The van der Waals surface area contributed by atoms with Crippen molar-refractivity contribution in [3.8, 4) is 11.1 Å². The highest BCUT2D eigenvalue weighted by Gasteiger charge is 2.54. The van der Waals surface area contributed by atoms with Gasteiger partial charge in [0.1, 0.15) is 0 Å². The molecule has 0 aromatic heterocycles. The van der Waals surface area contributed by atoms with Crippen LogP contribution >= 0.6 is 0 Å². The predicted molar refractivity (Wildman–Crippen MR) is 435 cm³/mol. The van der Waals surface area contributed by atoms with Crippen molar-refractivity contribution in [2.24, 2.45) is 94.7 Å². The van der Waals surface area contributed by atoms with E-state index in [0.717, 1.165) is 94.7 Å². The third kappa shape index (κ3) is 11.4. The van der Waals surface area contributed by atoms with Gasteiger partial charge < -0.3 is 9.80 Å². The minimum absolute atomic E-state index is 0.0821. The molecule has 0 radical (unpaired) electrons. The van der Waals surface area contributed by atoms with Crippen LogP contribution in [0.1, 0.15) is 286 Å². The summed E-state index contributed by atoms with van der Waals surface area (Å²) in [4.78, 5) is 5.88. The maximum Gasteiger partial charge on any atom is 0.0620 e. The Kier molecular flexibility index (Phi) is 15.6. The fraction of sp³-hybridized carbons (Fsp3) is 0.564. The first-order chi connectivity index (χ1) is 49.4. The summed E-state index contributed by atoms with van der Waals surface area (Å²) in [6.07, 6.45) is 30.3. The summed E-state index contributed by atoms with van der Waals surface area (Å²) >= 11 is 0. The molecular weight excluding hydrogens is 1240 g/mol. The Balaban J connectivity index is 0.899. The smallest absolute Gasteiger partial charge is 0.0620 e. The van der Waals surface area contributed by atoms with Crippen molar-refractivity contribution < 1.29 is 0 Å². The first-order valence-electron chi connectivity index (χ1n) is 42.7. The number of rotatable bonds is 11. The van der Waals surface area contributed by atoms with E-state index in [1.807, 2.05) is 0 Å². The molecule has 8 aromatic rings. The van der Waals surface area contributed by atoms with E-state index in [-0.39, 0.29) is 21.7 Å². The number of fused-ring (bicyclic) bond motifs is 4. The van der Waals surface area contributed by atoms with Crippen LogP contribution < -0.4 is 9.80 Å². The maximum atomic E-state index is 2.94. The van der Waals surface area contributed by atoms with Crippen molar-refractivity contribution in [3.63, 3.8) is 0 Å². The van der Waals surface area contributed by atoms with Gasteiger partial charge in [-0.15, -0.1) is 0 Å². The lowest BCUT2D eigenvalue weighted by molar-refractivity contribution is -0.00495. The van der Waals surface area contributed by atoms with E-state index in [4.69, 9.17) is 0 Å². The highest BCUT2D eigenvalue weighted by Crippen LogP contribution is 2.67. The van der Waals surface area contributed by atoms with Gasteiger partial charge in [0, 0.05) is 44.3 Å². The van der Waals surface area contributed by atoms with Crippen LogP contribution in [0.15, 0.2) is 146 Å². The van der Waals surface area contributed by atoms with Gasteiger partial charge in [0.25, 0.3) is 0 Å². The van der Waals surface area contributed by atoms with Crippen molar-refractivity contribution in [1.82, 2.24) is 0 Å². The number of anilines is 6. The number of hydrogen-bond acceptors (Lipinski definition) is 2. The topological polar surface area (TPSA) is 6.48 Å². The Hall–Kier alpha value is -6.12. The molecule has 103 heavy (non-hydrogen) atoms. The minimum atomic E-state index is -0.0855. The SMILES string of the molecule is CC(C)(C)c1cc(N(c2cc(C3C4CC5CC(C4)CC3C5)cc(C3C4CCC5CCC(C4)CC53)c2)c2c3ccccc3c(N(c3cc(C4C5CC6CC(C5)CC4C6)cc(C4C5CC6CC(C5)CC4C6)c3)c3cc(C(C)(C)C)cc(C(C)(C)C)c3)c3cc(-c4ccccc4)ccc23)cc(C(C)(C)C)c1. The van der Waals surface area contributed by atoms with Crippen LogP contribution in [0.3, 0.4) is 0 Å². The van der Waals surface area contributed by atoms with Crippen LogP contribution in [-0.2, 0) is 21.7 Å². The van der Waals surface area contributed by atoms with Crippen LogP contribution in [0.25, 0.3) is 32.7 Å². The zero-order valence-corrected chi connectivity index (χ0v) is 65.1. The second-order valence-corrected chi connectivity index (χ2v) is 42.4. The Morgan fingerprint density at radius 1 is 0.243 bits per heavy atom. The second-order valence-electron chi connectivity index (χ2n) is 42.4. The summed E-state index contributed by atoms with van der Waals surface area (Å²) < 4.78 is 0. The quantitative estimate of drug-likeness (QED) is 0.0941. The first-order valence-corrected chi connectivity index (χ1v) is 42.7. The molecule has 2 heteroatoms. The van der Waals surface area contributed by atoms with Crippen LogP contribution in [0.4, 0.5) is 34.1 Å². The number of hydrogen-bond donors (Lipinski definition) is 0. The molecular formula is C101H122N2. The molecule has 2 nitrogen and oxygen atoms in total. The molecule has 0 spiro atoms. The van der Waals surface area contributed by atoms with Gasteiger partial charge in [-0.05, 0) is 379 Å². The number of benzene rings is 8. The molecule has 5 atom stereocenters. The Morgan fingerprint density at radius 3 is 0.971 bits per heavy atom. The lowest BCUT2D eigenvalue weighted by atomic mass is 9.49. The molecule has 15 saturated carbocycles. The van der Waals surface area contributed by atoms with E-state index in [0.29, 0.717) is 23.7 Å². The molecule has 15 aliphatic rings. The predicted octanol–water partition coefficient (Wildman–Crippen LogP) is 28.3. The molecule has 23 rings (SSSR count). The molecule has 536 valence electrons. The average molecular weight is 1360 g/mol. The maximum absolute atomic E-state index is 2.94. The van der Waals surface area contributed by atoms with Crippen molar-refractivity contribution in [2.75, 3.05) is 9.80 Å². The molecule has 0 N–H and O–H groups in total. The van der Waals surface area contributed by atoms with E-state index in [1.165, 1.54) is 224 Å². The molecule has 15 aliphatic carbocycles. The largest absolute Gasteiger partial charge is 0.309 e. The van der Waals surface area contributed by atoms with Crippen LogP contribution in [0.5, 0.6) is 0 Å². The summed E-state index contributed by atoms with van der Waals surface area (Å²) in [6, 6.07) is 62.5. The summed E-state index contributed by atoms with van der Waals surface area (Å²) in [5.41, 5.74) is 22.7. The molecule has 8 aromatic carbocycles. The van der Waals surface area contributed by atoms with Gasteiger partial charge in [0.05, 0.1) is 11.4 Å². The molecule has 15 bridgehead atoms. The first kappa shape index (κ1) is 66.3. The summed E-state index contributed by atoms with van der Waals surface area (Å²) in [5.74, 6) is 16.1. The average Bonchev–Trinajstić information content (AvgIpc) is 0.712. The van der Waals surface area contributed by atoms with E-state index >= 15 is 0 Å². The lowest BCUT2D eigenvalue weighted by Crippen LogP contribution is -2.44. The summed E-state index contributed by atoms with van der Waals surface area (Å²) in [5, 5.41) is 5.36. The molecule has 5 unspecified atom stereocenters. The van der Waals surface area contributed by atoms with E-state index in [9.17, 15) is 0 Å². The van der Waals surface area contributed by atoms with Crippen molar-refractivity contribution >= 4 is 55.7 Å². The van der Waals surface area contributed by atoms with Gasteiger partial charge in [0.15, 0.2) is 0 Å². The van der Waals surface area contributed by atoms with E-state index in [1.54, 1.807) is 22.3 Å². The third-order valence-electron chi connectivity index (χ3n) is 31.7. The number of nitrogens with zero attached hydrogens (tertiary/aromatic N) is 2. The zero-order chi connectivity index (χ0) is 70.1. The normalized spacial score (nSPS) is 33.8. The van der Waals surface area contributed by atoms with Gasteiger partial charge in [-0.25, -0.2) is 0 Å². The van der Waals surface area contributed by atoms with Crippen molar-refractivity contribution in [1.29, 1.82) is 0 Å². The highest BCUT2D eigenvalue weighted by molar-refractivity contribution is 6.24. The Labute approximate surface area is 620 Å². The standard InChI is InChI=1S/C101H122N2/c1-98(2,3)79-52-80(99(4,5)6)55-85(54-79)102(84-49-77(94-73-40-63-30-64(42-73)43-74(94)41-63)46-78(50-84)95-68-25-24-66-23-22-58(31-68)44-90(66)95)96-87-20-16-17-21-88(87)97(91-51-67(26-27-89(91)96)65-18-14-13-15-19-65)103(86-56-81(100(7,8)9)53-82(57-86)101(10,11)12)83-47-75(92-69-32-59-28-60(34-69)35-70(92)33-59)45-76(48-83)93-71-36-61-29-62(38-71)39-72(93)37-61/h13-21,26-27,45-64,66,68-74,90,92-95H,22-25,28-44H2,1-12H3. The lowest BCUT2D eigenvalue weighted by Gasteiger charge is -2.56. The van der Waals surface area contributed by atoms with Gasteiger partial charge in [-0.2, -0.15) is 0 Å². The van der Waals surface area contributed by atoms with E-state index < -0.39 is 0 Å². The highest BCUT2D eigenvalue weighted by atomic mass is 15.2. The fourth-order valence-electron chi connectivity index (χ4n) is 27.7. The van der Waals surface area contributed by atoms with Crippen molar-refractivity contribution in [3.05, 3.63) is 190 Å². The minimum Gasteiger partial charge on any atom is -0.309 e. The van der Waals surface area contributed by atoms with Crippen molar-refractivity contribution in [2.45, 2.75) is 263 Å². The third-order valence-corrected chi connectivity index (χ3v) is 31.7. The zero-order valence-electron chi connectivity index (χ0n) is 65.1. The molecule has 0 heterocycles.